The monoisotopic (exact) mass is 422 g/mol. The Labute approximate surface area is 177 Å². The average molecular weight is 423 g/mol. The van der Waals surface area contributed by atoms with Crippen LogP contribution in [0.3, 0.4) is 0 Å². The number of para-hydroxylation sites is 1. The first-order valence-corrected chi connectivity index (χ1v) is 10.3. The van der Waals surface area contributed by atoms with Crippen molar-refractivity contribution in [3.63, 3.8) is 0 Å². The van der Waals surface area contributed by atoms with E-state index in [0.29, 0.717) is 42.5 Å². The molecule has 0 heterocycles. The van der Waals surface area contributed by atoms with Gasteiger partial charge in [0.25, 0.3) is 0 Å². The summed E-state index contributed by atoms with van der Waals surface area (Å²) in [7, 11) is 1.64. The molecule has 0 unspecified atom stereocenters. The molecule has 4 nitrogen and oxygen atoms in total. The third kappa shape index (κ3) is 7.01. The van der Waals surface area contributed by atoms with Crippen molar-refractivity contribution in [2.24, 2.45) is 5.73 Å². The number of nitrogens with zero attached hydrogens (tertiary/aromatic N) is 1. The fourth-order valence-corrected chi connectivity index (χ4v) is 3.57. The van der Waals surface area contributed by atoms with Crippen molar-refractivity contribution in [3.8, 4) is 5.75 Å². The quantitative estimate of drug-likeness (QED) is 0.512. The maximum absolute atomic E-state index is 12.9. The van der Waals surface area contributed by atoms with Crippen LogP contribution >= 0.6 is 23.2 Å². The van der Waals surface area contributed by atoms with Crippen molar-refractivity contribution in [2.45, 2.75) is 38.6 Å². The zero-order valence-corrected chi connectivity index (χ0v) is 17.8. The lowest BCUT2D eigenvalue weighted by Crippen LogP contribution is -2.32. The van der Waals surface area contributed by atoms with Gasteiger partial charge >= 0.3 is 0 Å². The second kappa shape index (κ2) is 11.9. The average Bonchev–Trinajstić information content (AvgIpc) is 2.69. The number of hydrogen-bond acceptors (Lipinski definition) is 3. The Morgan fingerprint density at radius 2 is 1.86 bits per heavy atom. The zero-order valence-electron chi connectivity index (χ0n) is 16.3. The minimum atomic E-state index is 0.132. The molecule has 0 saturated heterocycles. The Bertz CT molecular complexity index is 768. The molecule has 0 bridgehead atoms. The Morgan fingerprint density at radius 3 is 2.57 bits per heavy atom. The van der Waals surface area contributed by atoms with Crippen LogP contribution in [-0.2, 0) is 17.8 Å². The Kier molecular flexibility index (Phi) is 9.62. The number of halogens is 2. The van der Waals surface area contributed by atoms with Crippen molar-refractivity contribution < 1.29 is 9.53 Å². The highest BCUT2D eigenvalue weighted by Crippen LogP contribution is 2.23. The molecule has 2 aromatic rings. The molecule has 152 valence electrons. The summed E-state index contributed by atoms with van der Waals surface area (Å²) in [5.74, 6) is 0.918. The van der Waals surface area contributed by atoms with Crippen LogP contribution in [0.4, 0.5) is 0 Å². The van der Waals surface area contributed by atoms with Crippen LogP contribution in [0.2, 0.25) is 10.0 Å². The molecule has 0 aliphatic heterocycles. The number of amides is 1. The van der Waals surface area contributed by atoms with E-state index in [1.807, 2.05) is 41.3 Å². The van der Waals surface area contributed by atoms with Crippen LogP contribution in [0.5, 0.6) is 5.75 Å². The van der Waals surface area contributed by atoms with E-state index >= 15 is 0 Å². The van der Waals surface area contributed by atoms with Gasteiger partial charge in [-0.2, -0.15) is 0 Å². The topological polar surface area (TPSA) is 55.6 Å². The number of benzene rings is 2. The number of ether oxygens (including phenoxy) is 1. The van der Waals surface area contributed by atoms with Gasteiger partial charge in [-0.05, 0) is 49.6 Å². The number of unbranched alkanes of at least 4 members (excludes halogenated alkanes) is 2. The molecule has 28 heavy (non-hydrogen) atoms. The highest BCUT2D eigenvalue weighted by atomic mass is 35.5. The highest BCUT2D eigenvalue weighted by Gasteiger charge is 2.16. The maximum Gasteiger partial charge on any atom is 0.222 e. The Hall–Kier alpha value is -1.75. The molecule has 0 aliphatic carbocycles. The van der Waals surface area contributed by atoms with Crippen LogP contribution < -0.4 is 10.5 Å². The molecule has 0 aromatic heterocycles. The summed E-state index contributed by atoms with van der Waals surface area (Å²) in [4.78, 5) is 14.8. The van der Waals surface area contributed by atoms with E-state index in [2.05, 4.69) is 0 Å². The van der Waals surface area contributed by atoms with Gasteiger partial charge in [-0.1, -0.05) is 53.9 Å². The number of carbonyl (C=O) groups is 1. The summed E-state index contributed by atoms with van der Waals surface area (Å²) in [6.45, 7) is 1.74. The van der Waals surface area contributed by atoms with Gasteiger partial charge in [0.1, 0.15) is 5.75 Å². The number of rotatable bonds is 11. The van der Waals surface area contributed by atoms with Crippen LogP contribution in [0.1, 0.15) is 36.8 Å². The van der Waals surface area contributed by atoms with E-state index in [9.17, 15) is 4.79 Å². The largest absolute Gasteiger partial charge is 0.496 e. The van der Waals surface area contributed by atoms with Gasteiger partial charge in [-0.3, -0.25) is 4.79 Å². The molecule has 6 heteroatoms. The first-order valence-electron chi connectivity index (χ1n) is 9.58. The normalized spacial score (nSPS) is 10.7. The lowest BCUT2D eigenvalue weighted by atomic mass is 10.1. The number of hydrogen-bond donors (Lipinski definition) is 1. The summed E-state index contributed by atoms with van der Waals surface area (Å²) in [6, 6.07) is 13.3. The fraction of sp³-hybridized carbons (Fsp3) is 0.409. The highest BCUT2D eigenvalue weighted by molar-refractivity contribution is 6.35. The van der Waals surface area contributed by atoms with Crippen LogP contribution in [0.15, 0.2) is 42.5 Å². The first-order chi connectivity index (χ1) is 13.5. The molecule has 0 saturated carbocycles. The van der Waals surface area contributed by atoms with E-state index in [0.717, 1.165) is 36.1 Å². The second-order valence-electron chi connectivity index (χ2n) is 6.71. The van der Waals surface area contributed by atoms with Gasteiger partial charge in [0, 0.05) is 35.1 Å². The van der Waals surface area contributed by atoms with E-state index in [1.165, 1.54) is 0 Å². The summed E-state index contributed by atoms with van der Waals surface area (Å²) in [5, 5.41) is 1.23. The second-order valence-corrected chi connectivity index (χ2v) is 7.56. The maximum atomic E-state index is 12.9. The van der Waals surface area contributed by atoms with Crippen molar-refractivity contribution in [1.29, 1.82) is 0 Å². The summed E-state index contributed by atoms with van der Waals surface area (Å²) in [6.07, 6.45) is 3.94. The van der Waals surface area contributed by atoms with E-state index in [1.54, 1.807) is 13.2 Å². The molecule has 2 N–H and O–H groups in total. The van der Waals surface area contributed by atoms with Crippen LogP contribution in [-0.4, -0.2) is 31.0 Å². The van der Waals surface area contributed by atoms with Gasteiger partial charge < -0.3 is 15.4 Å². The third-order valence-corrected chi connectivity index (χ3v) is 5.25. The van der Waals surface area contributed by atoms with Crippen molar-refractivity contribution in [3.05, 3.63) is 63.6 Å². The smallest absolute Gasteiger partial charge is 0.222 e. The number of carbonyl (C=O) groups excluding carboxylic acids is 1. The van der Waals surface area contributed by atoms with E-state index in [4.69, 9.17) is 33.7 Å². The predicted molar refractivity (Wildman–Crippen MR) is 116 cm³/mol. The van der Waals surface area contributed by atoms with Gasteiger partial charge in [0.05, 0.1) is 7.11 Å². The lowest BCUT2D eigenvalue weighted by Gasteiger charge is -2.24. The van der Waals surface area contributed by atoms with E-state index in [-0.39, 0.29) is 5.91 Å². The molecule has 0 aliphatic rings. The Balaban J connectivity index is 2.09. The standard InChI is InChI=1S/C22H28Cl2N2O2/c1-28-21-8-5-4-7-18(21)16-26(22(27)9-3-2-6-13-25)14-12-17-10-11-19(23)15-20(17)24/h4-5,7-8,10-11,15H,2-3,6,9,12-14,16,25H2,1H3. The summed E-state index contributed by atoms with van der Waals surface area (Å²) < 4.78 is 5.45. The summed E-state index contributed by atoms with van der Waals surface area (Å²) >= 11 is 12.3. The molecular formula is C22H28Cl2N2O2. The SMILES string of the molecule is COc1ccccc1CN(CCc1ccc(Cl)cc1Cl)C(=O)CCCCCN. The molecular weight excluding hydrogens is 395 g/mol. The van der Waals surface area contributed by atoms with Crippen molar-refractivity contribution in [1.82, 2.24) is 4.90 Å². The fourth-order valence-electron chi connectivity index (χ4n) is 3.07. The van der Waals surface area contributed by atoms with Crippen molar-refractivity contribution in [2.75, 3.05) is 20.2 Å². The van der Waals surface area contributed by atoms with Crippen LogP contribution in [0.25, 0.3) is 0 Å². The zero-order chi connectivity index (χ0) is 20.4. The van der Waals surface area contributed by atoms with Gasteiger partial charge in [0.15, 0.2) is 0 Å². The predicted octanol–water partition coefficient (Wildman–Crippen LogP) is 5.09. The molecule has 0 spiro atoms. The lowest BCUT2D eigenvalue weighted by molar-refractivity contribution is -0.131. The van der Waals surface area contributed by atoms with Gasteiger partial charge in [-0.25, -0.2) is 0 Å². The molecule has 0 radical (unpaired) electrons. The van der Waals surface area contributed by atoms with Gasteiger partial charge in [0.2, 0.25) is 5.91 Å². The van der Waals surface area contributed by atoms with Crippen molar-refractivity contribution >= 4 is 29.1 Å². The number of methoxy groups -OCH3 is 1. The molecule has 2 aromatic carbocycles. The van der Waals surface area contributed by atoms with Gasteiger partial charge in [-0.15, -0.1) is 0 Å². The minimum absolute atomic E-state index is 0.132. The Morgan fingerprint density at radius 1 is 1.07 bits per heavy atom. The number of nitrogens with two attached hydrogens (primary N) is 1. The third-order valence-electron chi connectivity index (χ3n) is 4.67. The molecule has 2 rings (SSSR count). The molecule has 0 fully saturated rings. The summed E-state index contributed by atoms with van der Waals surface area (Å²) in [5.41, 5.74) is 7.51. The van der Waals surface area contributed by atoms with Crippen LogP contribution in [0, 0.1) is 0 Å². The van der Waals surface area contributed by atoms with E-state index < -0.39 is 0 Å². The minimum Gasteiger partial charge on any atom is -0.496 e. The first kappa shape index (κ1) is 22.5. The molecule has 0 atom stereocenters. The molecule has 1 amide bonds.